The predicted molar refractivity (Wildman–Crippen MR) is 115 cm³/mol. The van der Waals surface area contributed by atoms with Crippen molar-refractivity contribution in [3.8, 4) is 5.75 Å². The second-order valence-corrected chi connectivity index (χ2v) is 9.67. The van der Waals surface area contributed by atoms with Gasteiger partial charge in [0.2, 0.25) is 0 Å². The number of benzene rings is 2. The van der Waals surface area contributed by atoms with Crippen LogP contribution < -0.4 is 14.4 Å². The van der Waals surface area contributed by atoms with E-state index < -0.39 is 10.0 Å². The van der Waals surface area contributed by atoms with Gasteiger partial charge in [-0.2, -0.15) is 0 Å². The van der Waals surface area contributed by atoms with Crippen molar-refractivity contribution >= 4 is 44.6 Å². The summed E-state index contributed by atoms with van der Waals surface area (Å²) < 4.78 is 32.0. The number of sulfonamides is 1. The summed E-state index contributed by atoms with van der Waals surface area (Å²) in [5.74, 6) is 0.207. The molecule has 0 atom stereocenters. The molecule has 6 nitrogen and oxygen atoms in total. The van der Waals surface area contributed by atoms with E-state index in [-0.39, 0.29) is 16.7 Å². The van der Waals surface area contributed by atoms with E-state index in [2.05, 4.69) is 5.32 Å². The predicted octanol–water partition coefficient (Wildman–Crippen LogP) is 3.92. The Balaban J connectivity index is 1.52. The molecule has 2 aromatic carbocycles. The molecule has 0 bridgehead atoms. The van der Waals surface area contributed by atoms with Crippen molar-refractivity contribution in [2.24, 2.45) is 0 Å². The van der Waals surface area contributed by atoms with Crippen molar-refractivity contribution in [3.05, 3.63) is 76.6 Å². The van der Waals surface area contributed by atoms with Crippen LogP contribution in [0.1, 0.15) is 5.56 Å². The van der Waals surface area contributed by atoms with Crippen molar-refractivity contribution in [2.75, 3.05) is 18.0 Å². The van der Waals surface area contributed by atoms with Crippen LogP contribution in [-0.4, -0.2) is 28.0 Å². The van der Waals surface area contributed by atoms with Crippen molar-refractivity contribution in [1.29, 1.82) is 0 Å². The average molecular weight is 451 g/mol. The van der Waals surface area contributed by atoms with E-state index in [0.29, 0.717) is 23.0 Å². The molecule has 9 heteroatoms. The summed E-state index contributed by atoms with van der Waals surface area (Å²) in [6, 6.07) is 17.0. The van der Waals surface area contributed by atoms with Gasteiger partial charge < -0.3 is 10.1 Å². The Labute approximate surface area is 178 Å². The van der Waals surface area contributed by atoms with Crippen LogP contribution in [0, 0.1) is 0 Å². The molecule has 0 saturated carbocycles. The number of hydrogen-bond donors (Lipinski definition) is 1. The van der Waals surface area contributed by atoms with Crippen molar-refractivity contribution in [3.63, 3.8) is 0 Å². The molecule has 0 aliphatic rings. The summed E-state index contributed by atoms with van der Waals surface area (Å²) >= 11 is 7.00. The van der Waals surface area contributed by atoms with E-state index in [1.165, 1.54) is 22.7 Å². The highest BCUT2D eigenvalue weighted by Crippen LogP contribution is 2.26. The first-order valence-electron chi connectivity index (χ1n) is 8.63. The first-order chi connectivity index (χ1) is 13.9. The van der Waals surface area contributed by atoms with E-state index in [1.54, 1.807) is 53.9 Å². The molecule has 1 heterocycles. The van der Waals surface area contributed by atoms with Crippen LogP contribution in [-0.2, 0) is 21.4 Å². The van der Waals surface area contributed by atoms with Crippen LogP contribution >= 0.6 is 22.9 Å². The van der Waals surface area contributed by atoms with Gasteiger partial charge in [0.25, 0.3) is 15.9 Å². The zero-order valence-electron chi connectivity index (χ0n) is 15.5. The molecule has 0 aliphatic carbocycles. The SMILES string of the molecule is CN(c1ccc(OCC(=O)NCc2ccc(Cl)cc2)cc1)S(=O)(=O)c1cccs1. The number of carbonyl (C=O) groups is 1. The summed E-state index contributed by atoms with van der Waals surface area (Å²) in [5, 5.41) is 5.12. The number of anilines is 1. The molecule has 0 spiro atoms. The molecule has 0 aliphatic heterocycles. The standard InChI is InChI=1S/C20H19ClN2O4S2/c1-23(29(25,26)20-3-2-12-28-20)17-8-10-18(11-9-17)27-14-19(24)22-13-15-4-6-16(21)7-5-15/h2-12H,13-14H2,1H3,(H,22,24). The quantitative estimate of drug-likeness (QED) is 0.564. The molecule has 0 unspecified atom stereocenters. The lowest BCUT2D eigenvalue weighted by molar-refractivity contribution is -0.123. The molecular weight excluding hydrogens is 432 g/mol. The van der Waals surface area contributed by atoms with E-state index in [0.717, 1.165) is 5.56 Å². The van der Waals surface area contributed by atoms with E-state index in [1.807, 2.05) is 12.1 Å². The lowest BCUT2D eigenvalue weighted by Crippen LogP contribution is -2.28. The highest BCUT2D eigenvalue weighted by atomic mass is 35.5. The largest absolute Gasteiger partial charge is 0.484 e. The van der Waals surface area contributed by atoms with Gasteiger partial charge in [0.1, 0.15) is 9.96 Å². The van der Waals surface area contributed by atoms with E-state index in [4.69, 9.17) is 16.3 Å². The molecule has 152 valence electrons. The molecule has 0 saturated heterocycles. The van der Waals surface area contributed by atoms with Gasteiger partial charge in [0.15, 0.2) is 6.61 Å². The normalized spacial score (nSPS) is 11.1. The van der Waals surface area contributed by atoms with Gasteiger partial charge >= 0.3 is 0 Å². The van der Waals surface area contributed by atoms with Crippen LogP contribution in [0.3, 0.4) is 0 Å². The molecular formula is C20H19ClN2O4S2. The van der Waals surface area contributed by atoms with Crippen molar-refractivity contribution in [1.82, 2.24) is 5.32 Å². The minimum Gasteiger partial charge on any atom is -0.484 e. The fourth-order valence-electron chi connectivity index (χ4n) is 2.44. The number of ether oxygens (including phenoxy) is 1. The maximum Gasteiger partial charge on any atom is 0.273 e. The van der Waals surface area contributed by atoms with Gasteiger partial charge in [0, 0.05) is 18.6 Å². The minimum absolute atomic E-state index is 0.143. The average Bonchev–Trinajstić information content (AvgIpc) is 3.27. The number of nitrogens with zero attached hydrogens (tertiary/aromatic N) is 1. The Bertz CT molecular complexity index is 1050. The van der Waals surface area contributed by atoms with Gasteiger partial charge in [0.05, 0.1) is 5.69 Å². The molecule has 29 heavy (non-hydrogen) atoms. The first-order valence-corrected chi connectivity index (χ1v) is 11.3. The second-order valence-electron chi connectivity index (χ2n) is 6.09. The summed E-state index contributed by atoms with van der Waals surface area (Å²) in [6.45, 7) is 0.236. The van der Waals surface area contributed by atoms with Crippen LogP contribution in [0.5, 0.6) is 5.75 Å². The number of nitrogens with one attached hydrogen (secondary N) is 1. The van der Waals surface area contributed by atoms with Crippen LogP contribution in [0.4, 0.5) is 5.69 Å². The monoisotopic (exact) mass is 450 g/mol. The smallest absolute Gasteiger partial charge is 0.273 e. The third-order valence-corrected chi connectivity index (χ3v) is 7.49. The number of hydrogen-bond acceptors (Lipinski definition) is 5. The van der Waals surface area contributed by atoms with Crippen molar-refractivity contribution < 1.29 is 17.9 Å². The zero-order chi connectivity index (χ0) is 20.9. The molecule has 1 aromatic heterocycles. The summed E-state index contributed by atoms with van der Waals surface area (Å²) in [7, 11) is -2.09. The number of carbonyl (C=O) groups excluding carboxylic acids is 1. The summed E-state index contributed by atoms with van der Waals surface area (Å²) in [6.07, 6.45) is 0. The Morgan fingerprint density at radius 3 is 2.41 bits per heavy atom. The molecule has 1 N–H and O–H groups in total. The fourth-order valence-corrected chi connectivity index (χ4v) is 4.92. The molecule has 0 radical (unpaired) electrons. The number of amides is 1. The van der Waals surface area contributed by atoms with E-state index >= 15 is 0 Å². The summed E-state index contributed by atoms with van der Waals surface area (Å²) in [4.78, 5) is 11.9. The second kappa shape index (κ2) is 9.30. The van der Waals surface area contributed by atoms with Crippen LogP contribution in [0.2, 0.25) is 5.02 Å². The Morgan fingerprint density at radius 1 is 1.10 bits per heavy atom. The maximum atomic E-state index is 12.5. The lowest BCUT2D eigenvalue weighted by Gasteiger charge is -2.18. The number of thiophene rings is 1. The zero-order valence-corrected chi connectivity index (χ0v) is 17.9. The van der Waals surface area contributed by atoms with E-state index in [9.17, 15) is 13.2 Å². The Morgan fingerprint density at radius 2 is 1.79 bits per heavy atom. The number of halogens is 1. The third kappa shape index (κ3) is 5.50. The minimum atomic E-state index is -3.59. The van der Waals surface area contributed by atoms with Gasteiger partial charge in [-0.25, -0.2) is 8.42 Å². The maximum absolute atomic E-state index is 12.5. The van der Waals surface area contributed by atoms with Gasteiger partial charge in [-0.3, -0.25) is 9.10 Å². The molecule has 0 fully saturated rings. The lowest BCUT2D eigenvalue weighted by atomic mass is 10.2. The molecule has 3 rings (SSSR count). The Hall–Kier alpha value is -2.55. The topological polar surface area (TPSA) is 75.7 Å². The highest BCUT2D eigenvalue weighted by molar-refractivity contribution is 7.94. The van der Waals surface area contributed by atoms with Crippen LogP contribution in [0.15, 0.2) is 70.3 Å². The van der Waals surface area contributed by atoms with Gasteiger partial charge in [-0.1, -0.05) is 29.8 Å². The van der Waals surface area contributed by atoms with Gasteiger partial charge in [-0.15, -0.1) is 11.3 Å². The van der Waals surface area contributed by atoms with Gasteiger partial charge in [-0.05, 0) is 53.4 Å². The Kier molecular flexibility index (Phi) is 6.79. The molecule has 3 aromatic rings. The highest BCUT2D eigenvalue weighted by Gasteiger charge is 2.22. The number of rotatable bonds is 8. The third-order valence-electron chi connectivity index (χ3n) is 4.08. The fraction of sp³-hybridized carbons (Fsp3) is 0.150. The van der Waals surface area contributed by atoms with Crippen LogP contribution in [0.25, 0.3) is 0 Å². The first kappa shape index (κ1) is 21.2. The summed E-state index contributed by atoms with van der Waals surface area (Å²) in [5.41, 5.74) is 1.43. The molecule has 1 amide bonds. The van der Waals surface area contributed by atoms with Crippen molar-refractivity contribution in [2.45, 2.75) is 10.8 Å².